The zero-order chi connectivity index (χ0) is 13.7. The predicted molar refractivity (Wildman–Crippen MR) is 76.4 cm³/mol. The lowest BCUT2D eigenvalue weighted by Crippen LogP contribution is -2.27. The van der Waals surface area contributed by atoms with E-state index in [1.54, 1.807) is 6.07 Å². The van der Waals surface area contributed by atoms with Gasteiger partial charge in [0.25, 0.3) is 0 Å². The summed E-state index contributed by atoms with van der Waals surface area (Å²) < 4.78 is 5.30. The number of hydrogen-bond donors (Lipinski definition) is 1. The highest BCUT2D eigenvalue weighted by molar-refractivity contribution is 5.94. The van der Waals surface area contributed by atoms with E-state index in [0.717, 1.165) is 30.5 Å². The quantitative estimate of drug-likeness (QED) is 0.812. The van der Waals surface area contributed by atoms with Gasteiger partial charge >= 0.3 is 5.97 Å². The van der Waals surface area contributed by atoms with E-state index in [1.807, 2.05) is 24.4 Å². The van der Waals surface area contributed by atoms with Gasteiger partial charge in [-0.05, 0) is 37.4 Å². The minimum atomic E-state index is -0.254. The first-order valence-electron chi connectivity index (χ1n) is 6.71. The van der Waals surface area contributed by atoms with Crippen LogP contribution in [0, 0.1) is 0 Å². The average Bonchev–Trinajstić information content (AvgIpc) is 2.90. The molecule has 19 heavy (non-hydrogen) atoms. The fraction of sp³-hybridized carbons (Fsp3) is 0.400. The van der Waals surface area contributed by atoms with Gasteiger partial charge in [-0.1, -0.05) is 13.8 Å². The molecule has 0 aliphatic heterocycles. The summed E-state index contributed by atoms with van der Waals surface area (Å²) in [5, 5.41) is 1.03. The van der Waals surface area contributed by atoms with Crippen molar-refractivity contribution >= 4 is 16.9 Å². The Hall–Kier alpha value is -1.81. The van der Waals surface area contributed by atoms with Gasteiger partial charge in [0, 0.05) is 23.6 Å². The molecule has 4 heteroatoms. The molecule has 0 atom stereocenters. The molecule has 1 aromatic carbocycles. The van der Waals surface area contributed by atoms with Crippen LogP contribution in [0.2, 0.25) is 0 Å². The summed E-state index contributed by atoms with van der Waals surface area (Å²) in [6, 6.07) is 7.49. The fourth-order valence-electron chi connectivity index (χ4n) is 2.07. The third-order valence-electron chi connectivity index (χ3n) is 3.32. The van der Waals surface area contributed by atoms with E-state index in [-0.39, 0.29) is 5.97 Å². The van der Waals surface area contributed by atoms with E-state index < -0.39 is 0 Å². The molecule has 0 aliphatic carbocycles. The summed E-state index contributed by atoms with van der Waals surface area (Å²) in [5.41, 5.74) is 1.63. The van der Waals surface area contributed by atoms with Gasteiger partial charge in [0.15, 0.2) is 0 Å². The highest BCUT2D eigenvalue weighted by Crippen LogP contribution is 2.14. The molecule has 0 bridgehead atoms. The molecular weight excluding hydrogens is 240 g/mol. The summed E-state index contributed by atoms with van der Waals surface area (Å²) in [4.78, 5) is 17.2. The molecule has 0 fully saturated rings. The smallest absolute Gasteiger partial charge is 0.338 e. The number of esters is 1. The van der Waals surface area contributed by atoms with Gasteiger partial charge in [-0.3, -0.25) is 0 Å². The number of rotatable bonds is 6. The molecule has 0 saturated carbocycles. The van der Waals surface area contributed by atoms with E-state index in [4.69, 9.17) is 4.74 Å². The van der Waals surface area contributed by atoms with Crippen molar-refractivity contribution in [1.29, 1.82) is 0 Å². The number of likely N-dealkylation sites (N-methyl/N-ethyl adjacent to an activating group) is 1. The van der Waals surface area contributed by atoms with E-state index in [9.17, 15) is 4.79 Å². The number of carbonyl (C=O) groups is 1. The lowest BCUT2D eigenvalue weighted by molar-refractivity contribution is 0.0466. The average molecular weight is 260 g/mol. The Labute approximate surface area is 113 Å². The normalized spacial score (nSPS) is 11.1. The Bertz CT molecular complexity index is 544. The largest absolute Gasteiger partial charge is 0.461 e. The summed E-state index contributed by atoms with van der Waals surface area (Å²) in [7, 11) is 0. The lowest BCUT2D eigenvalue weighted by atomic mass is 10.1. The minimum absolute atomic E-state index is 0.254. The number of fused-ring (bicyclic) bond motifs is 1. The van der Waals surface area contributed by atoms with E-state index in [1.165, 1.54) is 0 Å². The molecule has 0 radical (unpaired) electrons. The topological polar surface area (TPSA) is 45.3 Å². The minimum Gasteiger partial charge on any atom is -0.461 e. The number of carbonyl (C=O) groups excluding carboxylic acids is 1. The molecule has 2 rings (SSSR count). The van der Waals surface area contributed by atoms with Crippen LogP contribution in [0.5, 0.6) is 0 Å². The molecule has 102 valence electrons. The second-order valence-corrected chi connectivity index (χ2v) is 4.44. The molecule has 1 N–H and O–H groups in total. The van der Waals surface area contributed by atoms with Gasteiger partial charge in [0.05, 0.1) is 5.56 Å². The van der Waals surface area contributed by atoms with E-state index >= 15 is 0 Å². The molecular formula is C15H20N2O2. The second-order valence-electron chi connectivity index (χ2n) is 4.44. The van der Waals surface area contributed by atoms with Gasteiger partial charge < -0.3 is 14.6 Å². The number of nitrogens with one attached hydrogen (secondary N) is 1. The number of aromatic amines is 1. The predicted octanol–water partition coefficient (Wildman–Crippen LogP) is 2.67. The highest BCUT2D eigenvalue weighted by atomic mass is 16.5. The fourth-order valence-corrected chi connectivity index (χ4v) is 2.07. The Morgan fingerprint density at radius 2 is 2.05 bits per heavy atom. The van der Waals surface area contributed by atoms with Crippen molar-refractivity contribution in [2.75, 3.05) is 26.2 Å². The van der Waals surface area contributed by atoms with Gasteiger partial charge in [0.2, 0.25) is 0 Å². The van der Waals surface area contributed by atoms with Crippen LogP contribution in [0.4, 0.5) is 0 Å². The first-order valence-corrected chi connectivity index (χ1v) is 6.71. The molecule has 2 aromatic rings. The third kappa shape index (κ3) is 3.35. The van der Waals surface area contributed by atoms with Crippen LogP contribution in [0.1, 0.15) is 24.2 Å². The number of aromatic nitrogens is 1. The number of hydrogen-bond acceptors (Lipinski definition) is 3. The van der Waals surface area contributed by atoms with Gasteiger partial charge in [-0.15, -0.1) is 0 Å². The van der Waals surface area contributed by atoms with Crippen molar-refractivity contribution in [2.24, 2.45) is 0 Å². The molecule has 1 heterocycles. The van der Waals surface area contributed by atoms with Crippen LogP contribution < -0.4 is 0 Å². The second kappa shape index (κ2) is 6.38. The molecule has 0 aliphatic rings. The monoisotopic (exact) mass is 260 g/mol. The number of H-pyrrole nitrogens is 1. The maximum absolute atomic E-state index is 11.9. The number of benzene rings is 1. The standard InChI is InChI=1S/C15H20N2O2/c1-3-17(4-2)9-10-19-15(18)13-5-6-14-12(11-13)7-8-16-14/h5-8,11,16H,3-4,9-10H2,1-2H3. The summed E-state index contributed by atoms with van der Waals surface area (Å²) in [5.74, 6) is -0.254. The molecule has 1 aromatic heterocycles. The summed E-state index contributed by atoms with van der Waals surface area (Å²) in [6.45, 7) is 7.37. The van der Waals surface area contributed by atoms with Crippen molar-refractivity contribution in [3.05, 3.63) is 36.0 Å². The van der Waals surface area contributed by atoms with E-state index in [0.29, 0.717) is 12.2 Å². The Balaban J connectivity index is 1.92. The van der Waals surface area contributed by atoms with Crippen LogP contribution in [0.3, 0.4) is 0 Å². The van der Waals surface area contributed by atoms with Crippen molar-refractivity contribution in [3.63, 3.8) is 0 Å². The maximum Gasteiger partial charge on any atom is 0.338 e. The van der Waals surface area contributed by atoms with Gasteiger partial charge in [0.1, 0.15) is 6.61 Å². The van der Waals surface area contributed by atoms with Gasteiger partial charge in [-0.25, -0.2) is 4.79 Å². The molecule has 0 amide bonds. The van der Waals surface area contributed by atoms with E-state index in [2.05, 4.69) is 23.7 Å². The molecule has 4 nitrogen and oxygen atoms in total. The van der Waals surface area contributed by atoms with Crippen LogP contribution in [-0.2, 0) is 4.74 Å². The van der Waals surface area contributed by atoms with Crippen LogP contribution in [0.15, 0.2) is 30.5 Å². The highest BCUT2D eigenvalue weighted by Gasteiger charge is 2.08. The summed E-state index contributed by atoms with van der Waals surface area (Å²) in [6.07, 6.45) is 1.86. The van der Waals surface area contributed by atoms with Gasteiger partial charge in [-0.2, -0.15) is 0 Å². The van der Waals surface area contributed by atoms with Crippen LogP contribution in [0.25, 0.3) is 10.9 Å². The Morgan fingerprint density at radius 1 is 1.26 bits per heavy atom. The molecule has 0 spiro atoms. The zero-order valence-corrected chi connectivity index (χ0v) is 11.5. The first-order chi connectivity index (χ1) is 9.24. The number of nitrogens with zero attached hydrogens (tertiary/aromatic N) is 1. The zero-order valence-electron chi connectivity index (χ0n) is 11.5. The maximum atomic E-state index is 11.9. The first kappa shape index (κ1) is 13.6. The van der Waals surface area contributed by atoms with Crippen molar-refractivity contribution in [3.8, 4) is 0 Å². The molecule has 0 unspecified atom stereocenters. The molecule has 0 saturated heterocycles. The third-order valence-corrected chi connectivity index (χ3v) is 3.32. The number of ether oxygens (including phenoxy) is 1. The Kier molecular flexibility index (Phi) is 4.58. The van der Waals surface area contributed by atoms with Crippen molar-refractivity contribution < 1.29 is 9.53 Å². The van der Waals surface area contributed by atoms with Crippen molar-refractivity contribution in [2.45, 2.75) is 13.8 Å². The van der Waals surface area contributed by atoms with Crippen molar-refractivity contribution in [1.82, 2.24) is 9.88 Å². The lowest BCUT2D eigenvalue weighted by Gasteiger charge is -2.17. The van der Waals surface area contributed by atoms with Crippen LogP contribution >= 0.6 is 0 Å². The van der Waals surface area contributed by atoms with Crippen LogP contribution in [-0.4, -0.2) is 42.1 Å². The Morgan fingerprint density at radius 3 is 2.79 bits per heavy atom. The SMILES string of the molecule is CCN(CC)CCOC(=O)c1ccc2[nH]ccc2c1. The summed E-state index contributed by atoms with van der Waals surface area (Å²) >= 11 is 0.